The molecule has 0 bridgehead atoms. The molecule has 194 valence electrons. The molecule has 0 unspecified atom stereocenters. The Balaban J connectivity index is 1.34. The van der Waals surface area contributed by atoms with Crippen LogP contribution in [0.3, 0.4) is 0 Å². The summed E-state index contributed by atoms with van der Waals surface area (Å²) >= 11 is 0. The molecule has 1 aliphatic heterocycles. The Morgan fingerprint density at radius 2 is 1.78 bits per heavy atom. The monoisotopic (exact) mass is 503 g/mol. The van der Waals surface area contributed by atoms with Crippen LogP contribution in [0.1, 0.15) is 55.9 Å². The number of hydrogen-bond acceptors (Lipinski definition) is 4. The number of aromatic nitrogens is 2. The highest BCUT2D eigenvalue weighted by Crippen LogP contribution is 2.30. The van der Waals surface area contributed by atoms with E-state index in [0.717, 1.165) is 25.7 Å². The van der Waals surface area contributed by atoms with Gasteiger partial charge in [-0.1, -0.05) is 18.2 Å². The number of nitrogens with zero attached hydrogens (tertiary/aromatic N) is 3. The zero-order valence-corrected chi connectivity index (χ0v) is 21.3. The molecule has 2 fully saturated rings. The van der Waals surface area contributed by atoms with Crippen molar-refractivity contribution in [2.24, 2.45) is 5.92 Å². The first-order chi connectivity index (χ1) is 17.8. The number of urea groups is 1. The molecule has 2 aromatic carbocycles. The van der Waals surface area contributed by atoms with E-state index < -0.39 is 0 Å². The van der Waals surface area contributed by atoms with Gasteiger partial charge in [0.05, 0.1) is 10.9 Å². The number of fused-ring (bicyclic) bond motifs is 1. The molecule has 1 saturated carbocycles. The van der Waals surface area contributed by atoms with Gasteiger partial charge in [-0.3, -0.25) is 18.7 Å². The van der Waals surface area contributed by atoms with Gasteiger partial charge in [0, 0.05) is 43.0 Å². The van der Waals surface area contributed by atoms with Crippen LogP contribution in [-0.4, -0.2) is 45.1 Å². The first kappa shape index (κ1) is 24.8. The predicted octanol–water partition coefficient (Wildman–Crippen LogP) is 3.58. The number of benzene rings is 2. The number of piperidine rings is 1. The molecular formula is C28H33N5O4. The molecule has 3 amide bonds. The number of likely N-dealkylation sites (tertiary alicyclic amines) is 1. The summed E-state index contributed by atoms with van der Waals surface area (Å²) in [4.78, 5) is 53.7. The van der Waals surface area contributed by atoms with Crippen LogP contribution in [0.5, 0.6) is 0 Å². The minimum atomic E-state index is -0.318. The zero-order chi connectivity index (χ0) is 26.1. The van der Waals surface area contributed by atoms with Crippen molar-refractivity contribution >= 4 is 28.5 Å². The van der Waals surface area contributed by atoms with Gasteiger partial charge < -0.3 is 15.5 Å². The topological polar surface area (TPSA) is 105 Å². The van der Waals surface area contributed by atoms with Crippen molar-refractivity contribution in [2.45, 2.75) is 58.2 Å². The van der Waals surface area contributed by atoms with Crippen molar-refractivity contribution in [3.05, 3.63) is 74.9 Å². The van der Waals surface area contributed by atoms with Gasteiger partial charge in [-0.2, -0.15) is 0 Å². The lowest BCUT2D eigenvalue weighted by atomic mass is 10.1. The van der Waals surface area contributed by atoms with Crippen LogP contribution in [0.2, 0.25) is 0 Å². The summed E-state index contributed by atoms with van der Waals surface area (Å²) in [6, 6.07) is 13.6. The Kier molecular flexibility index (Phi) is 6.86. The maximum absolute atomic E-state index is 13.3. The van der Waals surface area contributed by atoms with Crippen molar-refractivity contribution < 1.29 is 9.59 Å². The van der Waals surface area contributed by atoms with Crippen molar-refractivity contribution in [1.29, 1.82) is 0 Å². The average molecular weight is 504 g/mol. The lowest BCUT2D eigenvalue weighted by Gasteiger charge is -2.33. The van der Waals surface area contributed by atoms with Gasteiger partial charge in [0.25, 0.3) is 11.5 Å². The van der Waals surface area contributed by atoms with Crippen LogP contribution in [0.15, 0.2) is 58.1 Å². The predicted molar refractivity (Wildman–Crippen MR) is 143 cm³/mol. The Labute approximate surface area is 215 Å². The van der Waals surface area contributed by atoms with E-state index in [1.807, 2.05) is 32.0 Å². The van der Waals surface area contributed by atoms with Gasteiger partial charge in [-0.25, -0.2) is 9.59 Å². The molecule has 1 aromatic heterocycles. The molecular weight excluding hydrogens is 470 g/mol. The summed E-state index contributed by atoms with van der Waals surface area (Å²) < 4.78 is 2.99. The fraction of sp³-hybridized carbons (Fsp3) is 0.429. The van der Waals surface area contributed by atoms with Crippen LogP contribution in [0.25, 0.3) is 10.9 Å². The molecule has 0 spiro atoms. The number of amides is 3. The van der Waals surface area contributed by atoms with Gasteiger partial charge >= 0.3 is 11.7 Å². The summed E-state index contributed by atoms with van der Waals surface area (Å²) in [5.41, 5.74) is 1.05. The largest absolute Gasteiger partial charge is 0.348 e. The highest BCUT2D eigenvalue weighted by Gasteiger charge is 2.27. The summed E-state index contributed by atoms with van der Waals surface area (Å²) in [5.74, 6) is 0.224. The normalized spacial score (nSPS) is 17.7. The molecule has 2 heterocycles. The molecule has 1 saturated heterocycles. The summed E-state index contributed by atoms with van der Waals surface area (Å²) in [7, 11) is 0. The minimum Gasteiger partial charge on any atom is -0.348 e. The van der Waals surface area contributed by atoms with Crippen LogP contribution in [-0.2, 0) is 6.54 Å². The van der Waals surface area contributed by atoms with E-state index in [1.54, 1.807) is 39.8 Å². The maximum Gasteiger partial charge on any atom is 0.331 e. The summed E-state index contributed by atoms with van der Waals surface area (Å²) in [6.45, 7) is 5.26. The Morgan fingerprint density at radius 3 is 2.49 bits per heavy atom. The molecule has 37 heavy (non-hydrogen) atoms. The second kappa shape index (κ2) is 10.2. The Morgan fingerprint density at radius 1 is 1.03 bits per heavy atom. The van der Waals surface area contributed by atoms with Crippen molar-refractivity contribution in [3.8, 4) is 0 Å². The van der Waals surface area contributed by atoms with Gasteiger partial charge in [0.1, 0.15) is 0 Å². The highest BCUT2D eigenvalue weighted by atomic mass is 16.2. The molecule has 2 N–H and O–H groups in total. The highest BCUT2D eigenvalue weighted by molar-refractivity contribution is 5.95. The second-order valence-corrected chi connectivity index (χ2v) is 10.4. The van der Waals surface area contributed by atoms with E-state index in [9.17, 15) is 19.2 Å². The summed E-state index contributed by atoms with van der Waals surface area (Å²) in [6.07, 6.45) is 3.64. The SMILES string of the molecule is CC(C)n1c(=O)n(CC2CC2)c(=O)c2cc(NC(=O)N3CCC[C@@H](NC(=O)c4ccccc4)C3)ccc21. The smallest absolute Gasteiger partial charge is 0.331 e. The third-order valence-corrected chi connectivity index (χ3v) is 7.15. The number of carbonyl (C=O) groups excluding carboxylic acids is 2. The molecule has 2 aliphatic rings. The fourth-order valence-corrected chi connectivity index (χ4v) is 5.02. The first-order valence-electron chi connectivity index (χ1n) is 13.0. The number of hydrogen-bond donors (Lipinski definition) is 2. The number of nitrogens with one attached hydrogen (secondary N) is 2. The lowest BCUT2D eigenvalue weighted by molar-refractivity contribution is 0.0913. The zero-order valence-electron chi connectivity index (χ0n) is 21.3. The third-order valence-electron chi connectivity index (χ3n) is 7.15. The van der Waals surface area contributed by atoms with Crippen LogP contribution < -0.4 is 21.9 Å². The average Bonchev–Trinajstić information content (AvgIpc) is 3.72. The van der Waals surface area contributed by atoms with Crippen LogP contribution in [0.4, 0.5) is 10.5 Å². The summed E-state index contributed by atoms with van der Waals surface area (Å²) in [5, 5.41) is 6.35. The fourth-order valence-electron chi connectivity index (χ4n) is 5.02. The Bertz CT molecular complexity index is 1440. The molecule has 5 rings (SSSR count). The van der Waals surface area contributed by atoms with E-state index >= 15 is 0 Å². The van der Waals surface area contributed by atoms with Crippen LogP contribution in [0, 0.1) is 5.92 Å². The van der Waals surface area contributed by atoms with Crippen molar-refractivity contribution in [2.75, 3.05) is 18.4 Å². The molecule has 9 heteroatoms. The van der Waals surface area contributed by atoms with Gasteiger partial charge in [-0.05, 0) is 75.8 Å². The molecule has 3 aromatic rings. The standard InChI is InChI=1S/C28H33N5O4/c1-18(2)33-24-13-12-21(15-23(24)26(35)32(28(33)37)16-19-10-11-19)30-27(36)31-14-6-9-22(17-31)29-25(34)20-7-4-3-5-8-20/h3-5,7-8,12-13,15,18-19,22H,6,9-11,14,16-17H2,1-2H3,(H,29,34)(H,30,36)/t22-/m1/s1. The van der Waals surface area contributed by atoms with E-state index in [2.05, 4.69) is 10.6 Å². The number of carbonyl (C=O) groups is 2. The molecule has 0 radical (unpaired) electrons. The van der Waals surface area contributed by atoms with Crippen molar-refractivity contribution in [1.82, 2.24) is 19.4 Å². The van der Waals surface area contributed by atoms with Gasteiger partial charge in [0.2, 0.25) is 0 Å². The minimum absolute atomic E-state index is 0.113. The molecule has 9 nitrogen and oxygen atoms in total. The van der Waals surface area contributed by atoms with Gasteiger partial charge in [0.15, 0.2) is 0 Å². The third kappa shape index (κ3) is 5.30. The van der Waals surface area contributed by atoms with E-state index in [-0.39, 0.29) is 35.3 Å². The van der Waals surface area contributed by atoms with Gasteiger partial charge in [-0.15, -0.1) is 0 Å². The number of anilines is 1. The molecule has 1 aliphatic carbocycles. The quantitative estimate of drug-likeness (QED) is 0.536. The Hall–Kier alpha value is -3.88. The second-order valence-electron chi connectivity index (χ2n) is 10.4. The first-order valence-corrected chi connectivity index (χ1v) is 13.0. The van der Waals surface area contributed by atoms with Crippen LogP contribution >= 0.6 is 0 Å². The van der Waals surface area contributed by atoms with Crippen molar-refractivity contribution in [3.63, 3.8) is 0 Å². The molecule has 1 atom stereocenters. The maximum atomic E-state index is 13.3. The lowest BCUT2D eigenvalue weighted by Crippen LogP contribution is -2.50. The number of rotatable bonds is 6. The van der Waals surface area contributed by atoms with E-state index in [1.165, 1.54) is 4.57 Å². The van der Waals surface area contributed by atoms with E-state index in [4.69, 9.17) is 0 Å². The van der Waals surface area contributed by atoms with E-state index in [0.29, 0.717) is 47.7 Å².